The molecule has 2 aliphatic heterocycles. The SMILES string of the molecule is CS(=O)(=O)N1CCc2cc(C(=O)N3CCN(c4nnnn4-c4ccccc4)CC3)ccc21. The molecule has 0 spiro atoms. The summed E-state index contributed by atoms with van der Waals surface area (Å²) in [4.78, 5) is 17.0. The average Bonchev–Trinajstić information content (AvgIpc) is 3.46. The van der Waals surface area contributed by atoms with Crippen LogP contribution in [0, 0.1) is 0 Å². The molecule has 166 valence electrons. The third-order valence-corrected chi connectivity index (χ3v) is 7.06. The Labute approximate surface area is 186 Å². The van der Waals surface area contributed by atoms with Crippen LogP contribution < -0.4 is 9.21 Å². The highest BCUT2D eigenvalue weighted by Crippen LogP contribution is 2.31. The summed E-state index contributed by atoms with van der Waals surface area (Å²) >= 11 is 0. The zero-order valence-electron chi connectivity index (χ0n) is 17.6. The number of carbonyl (C=O) groups is 1. The highest BCUT2D eigenvalue weighted by atomic mass is 32.2. The van der Waals surface area contributed by atoms with Crippen LogP contribution >= 0.6 is 0 Å². The summed E-state index contributed by atoms with van der Waals surface area (Å²) in [5.41, 5.74) is 3.03. The standard InChI is InChI=1S/C21H23N7O3S/c1-32(30,31)27-10-9-16-15-17(7-8-19(16)27)20(29)25-11-13-26(14-12-25)21-22-23-24-28(21)18-5-3-2-4-6-18/h2-8,15H,9-14H2,1H3. The summed E-state index contributed by atoms with van der Waals surface area (Å²) in [5, 5.41) is 12.1. The number of anilines is 2. The molecule has 11 heteroatoms. The van der Waals surface area contributed by atoms with Gasteiger partial charge in [0.25, 0.3) is 5.91 Å². The summed E-state index contributed by atoms with van der Waals surface area (Å²) < 4.78 is 27.0. The second-order valence-corrected chi connectivity index (χ2v) is 9.84. The Morgan fingerprint density at radius 1 is 0.969 bits per heavy atom. The zero-order chi connectivity index (χ0) is 22.3. The number of benzene rings is 2. The molecule has 5 rings (SSSR count). The molecule has 0 saturated carbocycles. The smallest absolute Gasteiger partial charge is 0.253 e. The van der Waals surface area contributed by atoms with Gasteiger partial charge in [0.05, 0.1) is 17.6 Å². The van der Waals surface area contributed by atoms with E-state index in [4.69, 9.17) is 0 Å². The van der Waals surface area contributed by atoms with E-state index in [0.717, 1.165) is 11.3 Å². The second kappa shape index (κ2) is 7.90. The van der Waals surface area contributed by atoms with Crippen molar-refractivity contribution in [2.24, 2.45) is 0 Å². The highest BCUT2D eigenvalue weighted by molar-refractivity contribution is 7.92. The number of hydrogen-bond donors (Lipinski definition) is 0. The largest absolute Gasteiger partial charge is 0.336 e. The van der Waals surface area contributed by atoms with Crippen LogP contribution in [-0.2, 0) is 16.4 Å². The van der Waals surface area contributed by atoms with Crippen LogP contribution in [0.1, 0.15) is 15.9 Å². The molecule has 0 atom stereocenters. The second-order valence-electron chi connectivity index (χ2n) is 7.93. The minimum absolute atomic E-state index is 0.0482. The van der Waals surface area contributed by atoms with Crippen molar-refractivity contribution in [3.05, 3.63) is 59.7 Å². The van der Waals surface area contributed by atoms with Gasteiger partial charge in [0.2, 0.25) is 16.0 Å². The molecule has 1 fully saturated rings. The van der Waals surface area contributed by atoms with Crippen LogP contribution in [0.4, 0.5) is 11.6 Å². The van der Waals surface area contributed by atoms with Crippen LogP contribution in [0.15, 0.2) is 48.5 Å². The molecular weight excluding hydrogens is 430 g/mol. The van der Waals surface area contributed by atoms with Crippen LogP contribution in [0.3, 0.4) is 0 Å². The molecule has 0 aliphatic carbocycles. The number of piperazine rings is 1. The van der Waals surface area contributed by atoms with E-state index in [0.29, 0.717) is 56.3 Å². The van der Waals surface area contributed by atoms with Gasteiger partial charge in [0.15, 0.2) is 0 Å². The van der Waals surface area contributed by atoms with Crippen LogP contribution in [0.2, 0.25) is 0 Å². The number of amides is 1. The van der Waals surface area contributed by atoms with Gasteiger partial charge in [-0.1, -0.05) is 23.3 Å². The molecule has 2 aromatic carbocycles. The molecule has 3 heterocycles. The fourth-order valence-corrected chi connectivity index (χ4v) is 5.22. The summed E-state index contributed by atoms with van der Waals surface area (Å²) in [6.45, 7) is 2.75. The number of para-hydroxylation sites is 1. The number of fused-ring (bicyclic) bond motifs is 1. The van der Waals surface area contributed by atoms with Gasteiger partial charge in [0, 0.05) is 38.3 Å². The van der Waals surface area contributed by atoms with E-state index in [2.05, 4.69) is 20.4 Å². The number of rotatable bonds is 4. The molecule has 10 nitrogen and oxygen atoms in total. The van der Waals surface area contributed by atoms with E-state index < -0.39 is 10.0 Å². The molecule has 1 amide bonds. The quantitative estimate of drug-likeness (QED) is 0.579. The van der Waals surface area contributed by atoms with Crippen LogP contribution in [-0.4, -0.2) is 78.4 Å². The van der Waals surface area contributed by atoms with Crippen LogP contribution in [0.25, 0.3) is 5.69 Å². The van der Waals surface area contributed by atoms with Crippen LogP contribution in [0.5, 0.6) is 0 Å². The van der Waals surface area contributed by atoms with Crippen molar-refractivity contribution in [1.82, 2.24) is 25.1 Å². The molecule has 0 radical (unpaired) electrons. The summed E-state index contributed by atoms with van der Waals surface area (Å²) in [6, 6.07) is 15.0. The Morgan fingerprint density at radius 2 is 1.72 bits per heavy atom. The van der Waals surface area contributed by atoms with E-state index in [1.54, 1.807) is 16.8 Å². The van der Waals surface area contributed by atoms with Crippen molar-refractivity contribution in [1.29, 1.82) is 0 Å². The van der Waals surface area contributed by atoms with E-state index in [1.807, 2.05) is 41.3 Å². The molecule has 32 heavy (non-hydrogen) atoms. The lowest BCUT2D eigenvalue weighted by Crippen LogP contribution is -2.49. The topological polar surface area (TPSA) is 105 Å². The number of sulfonamides is 1. The zero-order valence-corrected chi connectivity index (χ0v) is 18.4. The Hall–Kier alpha value is -3.47. The van der Waals surface area contributed by atoms with Gasteiger partial charge in [-0.2, -0.15) is 4.68 Å². The molecule has 2 aliphatic rings. The maximum atomic E-state index is 13.1. The van der Waals surface area contributed by atoms with Crippen molar-refractivity contribution in [3.8, 4) is 5.69 Å². The van der Waals surface area contributed by atoms with Gasteiger partial charge >= 0.3 is 0 Å². The summed E-state index contributed by atoms with van der Waals surface area (Å²) in [5.74, 6) is 0.606. The van der Waals surface area contributed by atoms with Gasteiger partial charge in [-0.3, -0.25) is 9.10 Å². The van der Waals surface area contributed by atoms with Crippen molar-refractivity contribution < 1.29 is 13.2 Å². The minimum atomic E-state index is -3.31. The third-order valence-electron chi connectivity index (χ3n) is 5.88. The van der Waals surface area contributed by atoms with Crippen molar-refractivity contribution in [2.45, 2.75) is 6.42 Å². The maximum absolute atomic E-state index is 13.1. The van der Waals surface area contributed by atoms with Gasteiger partial charge in [-0.25, -0.2) is 8.42 Å². The fourth-order valence-electron chi connectivity index (χ4n) is 4.26. The normalized spacial score (nSPS) is 16.3. The van der Waals surface area contributed by atoms with Gasteiger partial charge < -0.3 is 9.80 Å². The molecule has 3 aromatic rings. The predicted octanol–water partition coefficient (Wildman–Crippen LogP) is 0.947. The van der Waals surface area contributed by atoms with Crippen molar-refractivity contribution >= 4 is 27.6 Å². The van der Waals surface area contributed by atoms with E-state index in [9.17, 15) is 13.2 Å². The first-order valence-electron chi connectivity index (χ1n) is 10.4. The Kier molecular flexibility index (Phi) is 5.04. The molecule has 1 saturated heterocycles. The average molecular weight is 454 g/mol. The first-order valence-corrected chi connectivity index (χ1v) is 12.3. The number of carbonyl (C=O) groups excluding carboxylic acids is 1. The molecule has 1 aromatic heterocycles. The lowest BCUT2D eigenvalue weighted by molar-refractivity contribution is 0.0746. The summed E-state index contributed by atoms with van der Waals surface area (Å²) in [6.07, 6.45) is 1.81. The van der Waals surface area contributed by atoms with Gasteiger partial charge in [-0.05, 0) is 52.7 Å². The number of hydrogen-bond acceptors (Lipinski definition) is 7. The van der Waals surface area contributed by atoms with Gasteiger partial charge in [-0.15, -0.1) is 0 Å². The van der Waals surface area contributed by atoms with Crippen molar-refractivity contribution in [2.75, 3.05) is 48.2 Å². The molecular formula is C21H23N7O3S. The lowest BCUT2D eigenvalue weighted by Gasteiger charge is -2.35. The monoisotopic (exact) mass is 453 g/mol. The molecule has 0 bridgehead atoms. The number of nitrogens with zero attached hydrogens (tertiary/aromatic N) is 7. The van der Waals surface area contributed by atoms with E-state index in [1.165, 1.54) is 10.6 Å². The molecule has 0 N–H and O–H groups in total. The minimum Gasteiger partial charge on any atom is -0.336 e. The maximum Gasteiger partial charge on any atom is 0.253 e. The molecule has 0 unspecified atom stereocenters. The third kappa shape index (κ3) is 3.68. The van der Waals surface area contributed by atoms with E-state index in [-0.39, 0.29) is 5.91 Å². The summed E-state index contributed by atoms with van der Waals surface area (Å²) in [7, 11) is -3.31. The Morgan fingerprint density at radius 3 is 2.44 bits per heavy atom. The van der Waals surface area contributed by atoms with Gasteiger partial charge in [0.1, 0.15) is 0 Å². The lowest BCUT2D eigenvalue weighted by atomic mass is 10.1. The first-order chi connectivity index (χ1) is 15.4. The first kappa shape index (κ1) is 20.4. The number of tetrazole rings is 1. The Balaban J connectivity index is 1.28. The Bertz CT molecular complexity index is 1250. The number of aromatic nitrogens is 4. The van der Waals surface area contributed by atoms with E-state index >= 15 is 0 Å². The predicted molar refractivity (Wildman–Crippen MR) is 120 cm³/mol. The highest BCUT2D eigenvalue weighted by Gasteiger charge is 2.29. The van der Waals surface area contributed by atoms with Crippen molar-refractivity contribution in [3.63, 3.8) is 0 Å². The fraction of sp³-hybridized carbons (Fsp3) is 0.333.